The second-order valence-electron chi connectivity index (χ2n) is 6.71. The summed E-state index contributed by atoms with van der Waals surface area (Å²) in [5, 5.41) is 9.26. The maximum atomic E-state index is 11.8. The second-order valence-corrected chi connectivity index (χ2v) is 6.71. The lowest BCUT2D eigenvalue weighted by Gasteiger charge is -2.13. The van der Waals surface area contributed by atoms with E-state index >= 15 is 0 Å². The summed E-state index contributed by atoms with van der Waals surface area (Å²) in [5.41, 5.74) is 2.86. The van der Waals surface area contributed by atoms with Crippen LogP contribution in [0.5, 0.6) is 11.5 Å². The first-order chi connectivity index (χ1) is 14.2. The fraction of sp³-hybridized carbons (Fsp3) is 0.364. The Labute approximate surface area is 194 Å². The molecular weight excluding hydrogens is 495 g/mol. The van der Waals surface area contributed by atoms with Crippen LogP contribution in [0.2, 0.25) is 0 Å². The van der Waals surface area contributed by atoms with Crippen LogP contribution < -0.4 is 25.4 Å². The number of halogens is 1. The largest absolute Gasteiger partial charge is 0.490 e. The number of benzene rings is 2. The average Bonchev–Trinajstić information content (AvgIpc) is 3.00. The van der Waals surface area contributed by atoms with Crippen molar-refractivity contribution in [3.63, 3.8) is 0 Å². The van der Waals surface area contributed by atoms with Crippen molar-refractivity contribution in [2.24, 2.45) is 4.99 Å². The van der Waals surface area contributed by atoms with Crippen molar-refractivity contribution >= 4 is 35.8 Å². The van der Waals surface area contributed by atoms with Gasteiger partial charge in [0.05, 0.1) is 13.2 Å². The normalized spacial score (nSPS) is 12.9. The molecule has 3 rings (SSSR count). The molecule has 1 aliphatic heterocycles. The highest BCUT2D eigenvalue weighted by atomic mass is 127. The summed E-state index contributed by atoms with van der Waals surface area (Å²) in [7, 11) is 3.38. The molecule has 8 heteroatoms. The average molecular weight is 524 g/mol. The number of amides is 1. The molecule has 0 atom stereocenters. The van der Waals surface area contributed by atoms with Crippen LogP contribution in [0.15, 0.2) is 47.5 Å². The third kappa shape index (κ3) is 6.79. The maximum Gasteiger partial charge on any atom is 0.251 e. The van der Waals surface area contributed by atoms with Crippen LogP contribution >= 0.6 is 24.0 Å². The van der Waals surface area contributed by atoms with Gasteiger partial charge in [-0.2, -0.15) is 0 Å². The van der Waals surface area contributed by atoms with E-state index in [0.717, 1.165) is 41.4 Å². The van der Waals surface area contributed by atoms with E-state index in [1.165, 1.54) is 0 Å². The van der Waals surface area contributed by atoms with Crippen LogP contribution in [0.1, 0.15) is 27.9 Å². The maximum absolute atomic E-state index is 11.8. The summed E-state index contributed by atoms with van der Waals surface area (Å²) in [4.78, 5) is 16.0. The van der Waals surface area contributed by atoms with Crippen molar-refractivity contribution in [2.75, 3.05) is 33.9 Å². The van der Waals surface area contributed by atoms with E-state index in [9.17, 15) is 4.79 Å². The topological polar surface area (TPSA) is 84.0 Å². The Hall–Kier alpha value is -2.49. The van der Waals surface area contributed by atoms with Crippen LogP contribution in [0.25, 0.3) is 0 Å². The predicted octanol–water partition coefficient (Wildman–Crippen LogP) is 2.73. The molecule has 2 aromatic carbocycles. The molecular formula is C22H29IN4O3. The monoisotopic (exact) mass is 524 g/mol. The first-order valence-electron chi connectivity index (χ1n) is 9.83. The Bertz CT molecular complexity index is 873. The number of aliphatic imine (C=N–C) groups is 1. The molecule has 0 saturated heterocycles. The second kappa shape index (κ2) is 12.3. The van der Waals surface area contributed by atoms with Crippen molar-refractivity contribution in [1.82, 2.24) is 16.0 Å². The number of guanidine groups is 1. The number of rotatable bonds is 6. The first kappa shape index (κ1) is 23.8. The molecule has 7 nitrogen and oxygen atoms in total. The lowest BCUT2D eigenvalue weighted by molar-refractivity contribution is 0.0963. The van der Waals surface area contributed by atoms with E-state index in [0.29, 0.717) is 31.9 Å². The Kier molecular flexibility index (Phi) is 9.72. The lowest BCUT2D eigenvalue weighted by Crippen LogP contribution is -2.37. The molecule has 3 N–H and O–H groups in total. The highest BCUT2D eigenvalue weighted by Crippen LogP contribution is 2.30. The summed E-state index contributed by atoms with van der Waals surface area (Å²) < 4.78 is 11.4. The van der Waals surface area contributed by atoms with Crippen LogP contribution in [-0.4, -0.2) is 45.7 Å². The molecule has 0 fully saturated rings. The zero-order valence-electron chi connectivity index (χ0n) is 17.4. The molecule has 162 valence electrons. The molecule has 1 heterocycles. The molecule has 0 aliphatic carbocycles. The summed E-state index contributed by atoms with van der Waals surface area (Å²) in [6.45, 7) is 2.70. The summed E-state index contributed by atoms with van der Waals surface area (Å²) in [5.74, 6) is 2.24. The van der Waals surface area contributed by atoms with Crippen LogP contribution in [-0.2, 0) is 13.0 Å². The number of nitrogens with zero attached hydrogens (tertiary/aromatic N) is 1. The molecule has 30 heavy (non-hydrogen) atoms. The van der Waals surface area contributed by atoms with Crippen molar-refractivity contribution in [2.45, 2.75) is 19.4 Å². The smallest absolute Gasteiger partial charge is 0.251 e. The van der Waals surface area contributed by atoms with E-state index in [-0.39, 0.29) is 29.9 Å². The molecule has 0 spiro atoms. The number of carbonyl (C=O) groups excluding carboxylic acids is 1. The number of ether oxygens (including phenoxy) is 2. The van der Waals surface area contributed by atoms with Gasteiger partial charge in [-0.05, 0) is 41.8 Å². The summed E-state index contributed by atoms with van der Waals surface area (Å²) in [6.07, 6.45) is 1.68. The number of hydrogen-bond donors (Lipinski definition) is 3. The van der Waals surface area contributed by atoms with E-state index < -0.39 is 0 Å². The predicted molar refractivity (Wildman–Crippen MR) is 129 cm³/mol. The fourth-order valence-electron chi connectivity index (χ4n) is 3.06. The van der Waals surface area contributed by atoms with Crippen LogP contribution in [0.3, 0.4) is 0 Å². The number of hydrogen-bond acceptors (Lipinski definition) is 4. The van der Waals surface area contributed by atoms with Gasteiger partial charge >= 0.3 is 0 Å². The fourth-order valence-corrected chi connectivity index (χ4v) is 3.06. The quantitative estimate of drug-likeness (QED) is 0.308. The molecule has 0 aromatic heterocycles. The Balaban J connectivity index is 0.00000320. The zero-order valence-corrected chi connectivity index (χ0v) is 19.7. The third-order valence-corrected chi connectivity index (χ3v) is 4.62. The van der Waals surface area contributed by atoms with Gasteiger partial charge in [0.25, 0.3) is 5.91 Å². The van der Waals surface area contributed by atoms with E-state index in [2.05, 4.69) is 20.9 Å². The van der Waals surface area contributed by atoms with Gasteiger partial charge in [-0.3, -0.25) is 9.79 Å². The van der Waals surface area contributed by atoms with Gasteiger partial charge in [0.1, 0.15) is 0 Å². The zero-order chi connectivity index (χ0) is 20.5. The molecule has 2 aromatic rings. The van der Waals surface area contributed by atoms with Crippen molar-refractivity contribution in [1.29, 1.82) is 0 Å². The molecule has 0 saturated carbocycles. The van der Waals surface area contributed by atoms with Gasteiger partial charge in [-0.1, -0.05) is 18.2 Å². The van der Waals surface area contributed by atoms with Crippen LogP contribution in [0.4, 0.5) is 0 Å². The molecule has 0 unspecified atom stereocenters. The first-order valence-corrected chi connectivity index (χ1v) is 9.83. The van der Waals surface area contributed by atoms with E-state index in [1.807, 2.05) is 42.5 Å². The molecule has 1 aliphatic rings. The third-order valence-electron chi connectivity index (χ3n) is 4.62. The van der Waals surface area contributed by atoms with Crippen LogP contribution in [0, 0.1) is 0 Å². The lowest BCUT2D eigenvalue weighted by atomic mass is 10.1. The SMILES string of the molecule is CN=C(NCCc1cccc(C(=O)NC)c1)NCc1ccc2c(c1)OCCCO2.I. The van der Waals surface area contributed by atoms with E-state index in [1.54, 1.807) is 14.1 Å². The minimum absolute atomic E-state index is 0. The minimum atomic E-state index is -0.0765. The van der Waals surface area contributed by atoms with Crippen molar-refractivity contribution < 1.29 is 14.3 Å². The molecule has 0 bridgehead atoms. The number of nitrogens with one attached hydrogen (secondary N) is 3. The molecule has 1 amide bonds. The van der Waals surface area contributed by atoms with Gasteiger partial charge < -0.3 is 25.4 Å². The Morgan fingerprint density at radius 3 is 2.60 bits per heavy atom. The Morgan fingerprint density at radius 2 is 1.83 bits per heavy atom. The van der Waals surface area contributed by atoms with Crippen molar-refractivity contribution in [3.05, 3.63) is 59.2 Å². The van der Waals surface area contributed by atoms with Gasteiger partial charge in [-0.15, -0.1) is 24.0 Å². The Morgan fingerprint density at radius 1 is 1.03 bits per heavy atom. The van der Waals surface area contributed by atoms with Gasteiger partial charge in [0, 0.05) is 39.2 Å². The van der Waals surface area contributed by atoms with Crippen molar-refractivity contribution in [3.8, 4) is 11.5 Å². The number of fused-ring (bicyclic) bond motifs is 1. The van der Waals surface area contributed by atoms with Gasteiger partial charge in [0.2, 0.25) is 0 Å². The minimum Gasteiger partial charge on any atom is -0.490 e. The summed E-state index contributed by atoms with van der Waals surface area (Å²) >= 11 is 0. The van der Waals surface area contributed by atoms with E-state index in [4.69, 9.17) is 9.47 Å². The summed E-state index contributed by atoms with van der Waals surface area (Å²) in [6, 6.07) is 13.6. The highest BCUT2D eigenvalue weighted by molar-refractivity contribution is 14.0. The highest BCUT2D eigenvalue weighted by Gasteiger charge is 2.11. The van der Waals surface area contributed by atoms with Gasteiger partial charge in [0.15, 0.2) is 17.5 Å². The standard InChI is InChI=1S/C22H28N4O3.HI/c1-23-21(27)18-6-3-5-16(13-18)9-10-25-22(24-2)26-15-17-7-8-19-20(14-17)29-12-4-11-28-19;/h3,5-8,13-14H,4,9-12,15H2,1-2H3,(H,23,27)(H2,24,25,26);1H. The van der Waals surface area contributed by atoms with Gasteiger partial charge in [-0.25, -0.2) is 0 Å². The number of carbonyl (C=O) groups is 1. The molecule has 0 radical (unpaired) electrons.